The van der Waals surface area contributed by atoms with Crippen LogP contribution in [0.5, 0.6) is 0 Å². The smallest absolute Gasteiger partial charge is 0.0668 e. The van der Waals surface area contributed by atoms with E-state index in [-0.39, 0.29) is 5.92 Å². The summed E-state index contributed by atoms with van der Waals surface area (Å²) in [5.41, 5.74) is 2.32. The van der Waals surface area contributed by atoms with E-state index in [0.717, 1.165) is 5.69 Å². The highest BCUT2D eigenvalue weighted by atomic mass is 14.8. The second kappa shape index (κ2) is 2.89. The number of benzene rings is 1. The maximum absolute atomic E-state index is 4.28. The number of para-hydroxylation sites is 1. The molecular formula is C10H10N2. The van der Waals surface area contributed by atoms with Gasteiger partial charge in [-0.15, -0.1) is 0 Å². The molecule has 0 N–H and O–H groups in total. The van der Waals surface area contributed by atoms with Crippen molar-refractivity contribution >= 4 is 18.1 Å². The minimum absolute atomic E-state index is 0.284. The predicted molar refractivity (Wildman–Crippen MR) is 51.8 cm³/mol. The SMILES string of the molecule is C/N=C\C1C=Nc2ccccc21. The molecule has 0 aromatic heterocycles. The lowest BCUT2D eigenvalue weighted by Gasteiger charge is -2.00. The number of hydrogen-bond acceptors (Lipinski definition) is 2. The lowest BCUT2D eigenvalue weighted by Crippen LogP contribution is -1.96. The maximum atomic E-state index is 4.28. The Kier molecular flexibility index (Phi) is 1.74. The molecule has 1 atom stereocenters. The summed E-state index contributed by atoms with van der Waals surface area (Å²) in [5.74, 6) is 0.284. The van der Waals surface area contributed by atoms with Gasteiger partial charge in [0.15, 0.2) is 0 Å². The first-order valence-electron chi connectivity index (χ1n) is 3.97. The average molecular weight is 158 g/mol. The summed E-state index contributed by atoms with van der Waals surface area (Å²) in [5, 5.41) is 0. The van der Waals surface area contributed by atoms with Crippen LogP contribution in [0.2, 0.25) is 0 Å². The summed E-state index contributed by atoms with van der Waals surface area (Å²) in [7, 11) is 1.79. The van der Waals surface area contributed by atoms with Crippen LogP contribution in [0.4, 0.5) is 5.69 Å². The van der Waals surface area contributed by atoms with E-state index in [1.807, 2.05) is 30.6 Å². The highest BCUT2D eigenvalue weighted by Crippen LogP contribution is 2.30. The van der Waals surface area contributed by atoms with Crippen molar-refractivity contribution in [2.45, 2.75) is 5.92 Å². The van der Waals surface area contributed by atoms with Crippen LogP contribution >= 0.6 is 0 Å². The van der Waals surface area contributed by atoms with Crippen LogP contribution in [0.3, 0.4) is 0 Å². The third-order valence-electron chi connectivity index (χ3n) is 1.98. The molecule has 0 spiro atoms. The van der Waals surface area contributed by atoms with E-state index in [2.05, 4.69) is 16.1 Å². The third kappa shape index (κ3) is 1.05. The number of fused-ring (bicyclic) bond motifs is 1. The summed E-state index contributed by atoms with van der Waals surface area (Å²) >= 11 is 0. The standard InChI is InChI=1S/C10H10N2/c1-11-6-8-7-12-10-5-3-2-4-9(8)10/h2-8H,1H3/b11-6-. The molecule has 0 bridgehead atoms. The van der Waals surface area contributed by atoms with E-state index in [1.165, 1.54) is 5.56 Å². The zero-order valence-electron chi connectivity index (χ0n) is 6.94. The van der Waals surface area contributed by atoms with Gasteiger partial charge >= 0.3 is 0 Å². The van der Waals surface area contributed by atoms with Gasteiger partial charge in [-0.1, -0.05) is 18.2 Å². The Morgan fingerprint density at radius 2 is 2.25 bits per heavy atom. The predicted octanol–water partition coefficient (Wildman–Crippen LogP) is 2.19. The number of rotatable bonds is 1. The summed E-state index contributed by atoms with van der Waals surface area (Å²) in [4.78, 5) is 8.28. The van der Waals surface area contributed by atoms with Gasteiger partial charge in [-0.3, -0.25) is 9.98 Å². The minimum Gasteiger partial charge on any atom is -0.300 e. The fraction of sp³-hybridized carbons (Fsp3) is 0.200. The first kappa shape index (κ1) is 7.22. The number of aliphatic imine (C=N–C) groups is 2. The molecule has 0 amide bonds. The molecule has 1 aliphatic rings. The van der Waals surface area contributed by atoms with Crippen molar-refractivity contribution in [3.63, 3.8) is 0 Å². The Hall–Kier alpha value is -1.44. The molecule has 1 aliphatic heterocycles. The second-order valence-corrected chi connectivity index (χ2v) is 2.77. The number of nitrogens with zero attached hydrogens (tertiary/aromatic N) is 2. The van der Waals surface area contributed by atoms with Gasteiger partial charge in [0.05, 0.1) is 11.6 Å². The first-order valence-corrected chi connectivity index (χ1v) is 3.97. The molecule has 1 heterocycles. The van der Waals surface area contributed by atoms with Gasteiger partial charge in [0.2, 0.25) is 0 Å². The Balaban J connectivity index is 2.42. The molecule has 1 aromatic carbocycles. The largest absolute Gasteiger partial charge is 0.300 e. The van der Waals surface area contributed by atoms with Crippen LogP contribution in [-0.2, 0) is 0 Å². The van der Waals surface area contributed by atoms with Gasteiger partial charge in [0.25, 0.3) is 0 Å². The summed E-state index contributed by atoms with van der Waals surface area (Å²) < 4.78 is 0. The Morgan fingerprint density at radius 3 is 3.08 bits per heavy atom. The molecule has 60 valence electrons. The van der Waals surface area contributed by atoms with Crippen LogP contribution in [0.25, 0.3) is 0 Å². The van der Waals surface area contributed by atoms with E-state index >= 15 is 0 Å². The van der Waals surface area contributed by atoms with E-state index in [0.29, 0.717) is 0 Å². The van der Waals surface area contributed by atoms with Crippen molar-refractivity contribution in [1.29, 1.82) is 0 Å². The lowest BCUT2D eigenvalue weighted by atomic mass is 10.0. The minimum atomic E-state index is 0.284. The molecular weight excluding hydrogens is 148 g/mol. The Labute approximate surface area is 71.7 Å². The van der Waals surface area contributed by atoms with Crippen molar-refractivity contribution in [3.05, 3.63) is 29.8 Å². The van der Waals surface area contributed by atoms with E-state index < -0.39 is 0 Å². The highest BCUT2D eigenvalue weighted by Gasteiger charge is 2.14. The normalized spacial score (nSPS) is 20.2. The molecule has 2 heteroatoms. The molecule has 0 saturated carbocycles. The summed E-state index contributed by atoms with van der Waals surface area (Å²) in [6.45, 7) is 0. The average Bonchev–Trinajstić information content (AvgIpc) is 2.50. The van der Waals surface area contributed by atoms with E-state index in [1.54, 1.807) is 7.05 Å². The second-order valence-electron chi connectivity index (χ2n) is 2.77. The van der Waals surface area contributed by atoms with E-state index in [9.17, 15) is 0 Å². The Morgan fingerprint density at radius 1 is 1.42 bits per heavy atom. The summed E-state index contributed by atoms with van der Waals surface area (Å²) in [6.07, 6.45) is 3.84. The van der Waals surface area contributed by atoms with Crippen molar-refractivity contribution in [2.24, 2.45) is 9.98 Å². The lowest BCUT2D eigenvalue weighted by molar-refractivity contribution is 1.28. The van der Waals surface area contributed by atoms with E-state index in [4.69, 9.17) is 0 Å². The van der Waals surface area contributed by atoms with Crippen LogP contribution in [0, 0.1) is 0 Å². The molecule has 2 rings (SSSR count). The van der Waals surface area contributed by atoms with Gasteiger partial charge in [0, 0.05) is 19.5 Å². The van der Waals surface area contributed by atoms with Gasteiger partial charge in [-0.05, 0) is 11.6 Å². The van der Waals surface area contributed by atoms with Crippen LogP contribution in [-0.4, -0.2) is 19.5 Å². The van der Waals surface area contributed by atoms with Crippen molar-refractivity contribution in [1.82, 2.24) is 0 Å². The van der Waals surface area contributed by atoms with Gasteiger partial charge < -0.3 is 0 Å². The quantitative estimate of drug-likeness (QED) is 0.560. The molecule has 1 unspecified atom stereocenters. The fourth-order valence-electron chi connectivity index (χ4n) is 1.41. The zero-order chi connectivity index (χ0) is 8.39. The molecule has 0 radical (unpaired) electrons. The molecule has 1 aromatic rings. The van der Waals surface area contributed by atoms with Crippen molar-refractivity contribution < 1.29 is 0 Å². The van der Waals surface area contributed by atoms with Gasteiger partial charge in [0.1, 0.15) is 0 Å². The van der Waals surface area contributed by atoms with Crippen LogP contribution in [0.15, 0.2) is 34.3 Å². The zero-order valence-corrected chi connectivity index (χ0v) is 6.94. The summed E-state index contributed by atoms with van der Waals surface area (Å²) in [6, 6.07) is 8.15. The fourth-order valence-corrected chi connectivity index (χ4v) is 1.41. The highest BCUT2D eigenvalue weighted by molar-refractivity contribution is 5.96. The monoisotopic (exact) mass is 158 g/mol. The van der Waals surface area contributed by atoms with Gasteiger partial charge in [-0.25, -0.2) is 0 Å². The molecule has 12 heavy (non-hydrogen) atoms. The topological polar surface area (TPSA) is 24.7 Å². The van der Waals surface area contributed by atoms with Crippen LogP contribution < -0.4 is 0 Å². The third-order valence-corrected chi connectivity index (χ3v) is 1.98. The molecule has 0 fully saturated rings. The molecule has 0 saturated heterocycles. The Bertz CT molecular complexity index is 339. The van der Waals surface area contributed by atoms with Gasteiger partial charge in [-0.2, -0.15) is 0 Å². The number of hydrogen-bond donors (Lipinski definition) is 0. The first-order chi connectivity index (χ1) is 5.92. The molecule has 0 aliphatic carbocycles. The molecule has 2 nitrogen and oxygen atoms in total. The van der Waals surface area contributed by atoms with Crippen LogP contribution in [0.1, 0.15) is 11.5 Å². The van der Waals surface area contributed by atoms with Crippen molar-refractivity contribution in [3.8, 4) is 0 Å². The van der Waals surface area contributed by atoms with Crippen molar-refractivity contribution in [2.75, 3.05) is 7.05 Å². The maximum Gasteiger partial charge on any atom is 0.0668 e.